The zero-order chi connectivity index (χ0) is 18.5. The minimum absolute atomic E-state index is 0.478. The Morgan fingerprint density at radius 2 is 1.81 bits per heavy atom. The molecule has 2 aromatic heterocycles. The first-order valence-electron chi connectivity index (χ1n) is 9.66. The molecule has 1 saturated heterocycles. The van der Waals surface area contributed by atoms with E-state index in [1.807, 2.05) is 18.3 Å². The molecule has 0 spiro atoms. The van der Waals surface area contributed by atoms with Crippen molar-refractivity contribution in [1.82, 2.24) is 14.9 Å². The van der Waals surface area contributed by atoms with Crippen molar-refractivity contribution in [2.24, 2.45) is 5.41 Å². The van der Waals surface area contributed by atoms with Crippen molar-refractivity contribution in [3.05, 3.63) is 22.5 Å². The summed E-state index contributed by atoms with van der Waals surface area (Å²) in [7, 11) is 0. The normalized spacial score (nSPS) is 27.4. The summed E-state index contributed by atoms with van der Waals surface area (Å²) in [5, 5.41) is 20.8. The lowest BCUT2D eigenvalue weighted by atomic mass is 9.73. The first-order chi connectivity index (χ1) is 12.3. The molecule has 6 heteroatoms. The molecule has 0 radical (unpaired) electrons. The predicted molar refractivity (Wildman–Crippen MR) is 104 cm³/mol. The summed E-state index contributed by atoms with van der Waals surface area (Å²) >= 11 is 1.82. The van der Waals surface area contributed by atoms with Gasteiger partial charge in [-0.2, -0.15) is 0 Å². The molecular formula is C20H29N3O2S. The largest absolute Gasteiger partial charge is 0.389 e. The van der Waals surface area contributed by atoms with Gasteiger partial charge in [0.1, 0.15) is 10.7 Å². The molecule has 4 rings (SSSR count). The van der Waals surface area contributed by atoms with E-state index in [9.17, 15) is 10.2 Å². The second-order valence-electron chi connectivity index (χ2n) is 8.85. The second-order valence-corrected chi connectivity index (χ2v) is 9.91. The first-order valence-corrected chi connectivity index (χ1v) is 10.5. The van der Waals surface area contributed by atoms with E-state index >= 15 is 0 Å². The number of aryl methyl sites for hydroxylation is 1. The molecule has 2 unspecified atom stereocenters. The van der Waals surface area contributed by atoms with Crippen LogP contribution in [0.15, 0.2) is 6.07 Å². The number of aliphatic hydroxyl groups excluding tert-OH is 2. The smallest absolute Gasteiger partial charge is 0.127 e. The van der Waals surface area contributed by atoms with Gasteiger partial charge in [0.05, 0.1) is 17.9 Å². The Kier molecular flexibility index (Phi) is 4.80. The third kappa shape index (κ3) is 3.65. The summed E-state index contributed by atoms with van der Waals surface area (Å²) in [5.74, 6) is 1.44. The van der Waals surface area contributed by atoms with E-state index in [0.717, 1.165) is 21.7 Å². The van der Waals surface area contributed by atoms with E-state index in [2.05, 4.69) is 34.8 Å². The lowest BCUT2D eigenvalue weighted by molar-refractivity contribution is 0.0572. The van der Waals surface area contributed by atoms with Crippen LogP contribution in [0.4, 0.5) is 0 Å². The fourth-order valence-electron chi connectivity index (χ4n) is 4.31. The number of hydrogen-bond donors (Lipinski definition) is 2. The van der Waals surface area contributed by atoms with Gasteiger partial charge >= 0.3 is 0 Å². The van der Waals surface area contributed by atoms with E-state index < -0.39 is 12.2 Å². The van der Waals surface area contributed by atoms with Crippen LogP contribution in [-0.4, -0.2) is 50.4 Å². The number of fused-ring (bicyclic) bond motifs is 1. The topological polar surface area (TPSA) is 69.5 Å². The molecule has 2 aromatic rings. The highest BCUT2D eigenvalue weighted by molar-refractivity contribution is 7.18. The lowest BCUT2D eigenvalue weighted by Gasteiger charge is -2.33. The van der Waals surface area contributed by atoms with Crippen LogP contribution in [0.3, 0.4) is 0 Å². The molecule has 2 aliphatic rings. The van der Waals surface area contributed by atoms with Gasteiger partial charge < -0.3 is 10.2 Å². The van der Waals surface area contributed by atoms with Gasteiger partial charge in [-0.15, -0.1) is 11.3 Å². The van der Waals surface area contributed by atoms with Crippen molar-refractivity contribution < 1.29 is 10.2 Å². The average molecular weight is 376 g/mol. The molecule has 0 amide bonds. The van der Waals surface area contributed by atoms with Crippen molar-refractivity contribution in [2.75, 3.05) is 13.1 Å². The summed E-state index contributed by atoms with van der Waals surface area (Å²) in [5.41, 5.74) is 1.50. The molecule has 142 valence electrons. The molecule has 2 N–H and O–H groups in total. The van der Waals surface area contributed by atoms with Gasteiger partial charge in [-0.3, -0.25) is 4.90 Å². The number of β-amino-alcohol motifs (C(OH)–C–C–N with tert-alkyl or cyclic N) is 2. The minimum atomic E-state index is -0.656. The van der Waals surface area contributed by atoms with Gasteiger partial charge in [0.25, 0.3) is 0 Å². The van der Waals surface area contributed by atoms with Crippen molar-refractivity contribution in [3.8, 4) is 0 Å². The van der Waals surface area contributed by atoms with E-state index in [1.54, 1.807) is 0 Å². The number of thiophene rings is 1. The maximum atomic E-state index is 9.81. The third-order valence-corrected chi connectivity index (χ3v) is 7.24. The number of hydrogen-bond acceptors (Lipinski definition) is 6. The number of likely N-dealkylation sites (tertiary alicyclic amines) is 1. The Labute approximate surface area is 159 Å². The molecule has 3 heterocycles. The maximum Gasteiger partial charge on any atom is 0.127 e. The maximum absolute atomic E-state index is 9.81. The van der Waals surface area contributed by atoms with Crippen LogP contribution in [0.25, 0.3) is 10.2 Å². The Morgan fingerprint density at radius 3 is 2.46 bits per heavy atom. The number of aromatic nitrogens is 2. The van der Waals surface area contributed by atoms with Gasteiger partial charge in [0.15, 0.2) is 0 Å². The summed E-state index contributed by atoms with van der Waals surface area (Å²) in [6.45, 7) is 8.35. The molecule has 1 aliphatic heterocycles. The van der Waals surface area contributed by atoms with E-state index in [4.69, 9.17) is 0 Å². The zero-order valence-electron chi connectivity index (χ0n) is 15.9. The van der Waals surface area contributed by atoms with Crippen LogP contribution in [0.1, 0.15) is 61.8 Å². The number of rotatable bonds is 3. The fraction of sp³-hybridized carbons (Fsp3) is 0.700. The van der Waals surface area contributed by atoms with Crippen LogP contribution in [-0.2, 0) is 6.54 Å². The second kappa shape index (κ2) is 6.82. The van der Waals surface area contributed by atoms with Gasteiger partial charge in [0.2, 0.25) is 0 Å². The molecule has 0 aromatic carbocycles. The Hall–Kier alpha value is -1.08. The van der Waals surface area contributed by atoms with Crippen molar-refractivity contribution >= 4 is 21.6 Å². The van der Waals surface area contributed by atoms with Crippen molar-refractivity contribution in [2.45, 2.75) is 71.1 Å². The van der Waals surface area contributed by atoms with Crippen molar-refractivity contribution in [1.29, 1.82) is 0 Å². The monoisotopic (exact) mass is 375 g/mol. The minimum Gasteiger partial charge on any atom is -0.389 e. The third-order valence-electron chi connectivity index (χ3n) is 6.05. The Balaban J connectivity index is 1.59. The van der Waals surface area contributed by atoms with Gasteiger partial charge in [-0.1, -0.05) is 13.8 Å². The summed E-state index contributed by atoms with van der Waals surface area (Å²) < 4.78 is 0. The van der Waals surface area contributed by atoms with Crippen LogP contribution >= 0.6 is 11.3 Å². The summed E-state index contributed by atoms with van der Waals surface area (Å²) in [6.07, 6.45) is 3.77. The van der Waals surface area contributed by atoms with Gasteiger partial charge in [0, 0.05) is 29.9 Å². The van der Waals surface area contributed by atoms with Crippen LogP contribution in [0, 0.1) is 12.3 Å². The molecule has 2 fully saturated rings. The molecule has 5 nitrogen and oxygen atoms in total. The highest BCUT2D eigenvalue weighted by Crippen LogP contribution is 2.45. The zero-order valence-corrected chi connectivity index (χ0v) is 16.7. The van der Waals surface area contributed by atoms with Crippen molar-refractivity contribution in [3.63, 3.8) is 0 Å². The quantitative estimate of drug-likeness (QED) is 0.862. The average Bonchev–Trinajstić information content (AvgIpc) is 3.11. The summed E-state index contributed by atoms with van der Waals surface area (Å²) in [4.78, 5) is 14.0. The lowest BCUT2D eigenvalue weighted by Crippen LogP contribution is -2.22. The highest BCUT2D eigenvalue weighted by Gasteiger charge is 2.31. The fourth-order valence-corrected chi connectivity index (χ4v) is 5.58. The summed E-state index contributed by atoms with van der Waals surface area (Å²) in [6, 6.07) is 2.31. The van der Waals surface area contributed by atoms with Crippen LogP contribution < -0.4 is 0 Å². The Morgan fingerprint density at radius 1 is 1.15 bits per heavy atom. The molecule has 1 saturated carbocycles. The number of aliphatic hydroxyl groups is 2. The first kappa shape index (κ1) is 18.3. The van der Waals surface area contributed by atoms with Gasteiger partial charge in [-0.05, 0) is 50.0 Å². The predicted octanol–water partition coefficient (Wildman–Crippen LogP) is 3.22. The van der Waals surface area contributed by atoms with E-state index in [-0.39, 0.29) is 0 Å². The SMILES string of the molecule is Cc1nc(CN2CC(O)C(O)C2)c2cc(C3CCC(C)(C)CC3)sc2n1. The van der Waals surface area contributed by atoms with Gasteiger partial charge in [-0.25, -0.2) is 9.97 Å². The van der Waals surface area contributed by atoms with Crippen LogP contribution in [0.2, 0.25) is 0 Å². The van der Waals surface area contributed by atoms with Crippen LogP contribution in [0.5, 0.6) is 0 Å². The molecule has 1 aliphatic carbocycles. The number of nitrogens with zero attached hydrogens (tertiary/aromatic N) is 3. The standard InChI is InChI=1S/C20H29N3O2S/c1-12-21-15(9-23-10-16(24)17(25)11-23)14-8-18(26-19(14)22-12)13-4-6-20(2,3)7-5-13/h8,13,16-17,24-25H,4-7,9-11H2,1-3H3. The molecule has 26 heavy (non-hydrogen) atoms. The molecule has 0 bridgehead atoms. The Bertz CT molecular complexity index is 784. The molecule has 2 atom stereocenters. The van der Waals surface area contributed by atoms with E-state index in [1.165, 1.54) is 30.6 Å². The van der Waals surface area contributed by atoms with E-state index in [0.29, 0.717) is 31.0 Å². The molecular weight excluding hydrogens is 346 g/mol. The highest BCUT2D eigenvalue weighted by atomic mass is 32.1.